The van der Waals surface area contributed by atoms with Gasteiger partial charge >= 0.3 is 0 Å². The Balaban J connectivity index is 1.58. The van der Waals surface area contributed by atoms with E-state index in [0.717, 1.165) is 30.1 Å². The van der Waals surface area contributed by atoms with Crippen molar-refractivity contribution in [2.75, 3.05) is 31.1 Å². The molecular weight excluding hydrogens is 343 g/mol. The fraction of sp³-hybridized carbons (Fsp3) is 0.409. The lowest BCUT2D eigenvalue weighted by Crippen LogP contribution is -2.52. The normalized spacial score (nSPS) is 15.7. The van der Waals surface area contributed by atoms with Crippen LogP contribution in [0.25, 0.3) is 0 Å². The first-order valence-electron chi connectivity index (χ1n) is 9.50. The number of amides is 1. The Bertz CT molecular complexity index is 768. The summed E-state index contributed by atoms with van der Waals surface area (Å²) in [6.45, 7) is 8.77. The highest BCUT2D eigenvalue weighted by Gasteiger charge is 2.26. The van der Waals surface area contributed by atoms with E-state index in [2.05, 4.69) is 18.7 Å². The number of nitrogens with zero attached hydrogens (tertiary/aromatic N) is 2. The molecule has 1 aliphatic heterocycles. The van der Waals surface area contributed by atoms with Crippen molar-refractivity contribution in [2.45, 2.75) is 32.8 Å². The number of piperazine rings is 1. The third-order valence-corrected chi connectivity index (χ3v) is 4.98. The van der Waals surface area contributed by atoms with Crippen LogP contribution in [0.5, 0.6) is 5.75 Å². The van der Waals surface area contributed by atoms with E-state index in [1.165, 1.54) is 12.1 Å². The monoisotopic (exact) mass is 370 g/mol. The number of rotatable bonds is 5. The largest absolute Gasteiger partial charge is 0.481 e. The smallest absolute Gasteiger partial charge is 0.263 e. The highest BCUT2D eigenvalue weighted by Crippen LogP contribution is 2.27. The highest BCUT2D eigenvalue weighted by molar-refractivity contribution is 5.81. The molecule has 0 radical (unpaired) electrons. The number of hydrogen-bond acceptors (Lipinski definition) is 3. The highest BCUT2D eigenvalue weighted by atomic mass is 19.1. The number of carbonyl (C=O) groups excluding carboxylic acids is 1. The molecule has 0 unspecified atom stereocenters. The molecule has 0 aliphatic carbocycles. The molecule has 27 heavy (non-hydrogen) atoms. The third-order valence-electron chi connectivity index (χ3n) is 4.98. The molecule has 1 amide bonds. The van der Waals surface area contributed by atoms with Crippen molar-refractivity contribution in [2.24, 2.45) is 0 Å². The van der Waals surface area contributed by atoms with Gasteiger partial charge in [-0.2, -0.15) is 0 Å². The molecule has 1 fully saturated rings. The van der Waals surface area contributed by atoms with Crippen molar-refractivity contribution in [3.8, 4) is 5.75 Å². The van der Waals surface area contributed by atoms with Crippen LogP contribution in [0.2, 0.25) is 0 Å². The minimum absolute atomic E-state index is 0.00677. The van der Waals surface area contributed by atoms with E-state index in [4.69, 9.17) is 4.74 Å². The maximum absolute atomic E-state index is 13.1. The summed E-state index contributed by atoms with van der Waals surface area (Å²) in [6.07, 6.45) is -0.526. The minimum atomic E-state index is -0.526. The van der Waals surface area contributed by atoms with E-state index in [1.54, 1.807) is 12.1 Å². The van der Waals surface area contributed by atoms with E-state index in [1.807, 2.05) is 36.1 Å². The summed E-state index contributed by atoms with van der Waals surface area (Å²) in [4.78, 5) is 16.8. The fourth-order valence-corrected chi connectivity index (χ4v) is 3.40. The molecule has 1 aliphatic rings. The number of benzene rings is 2. The zero-order chi connectivity index (χ0) is 19.4. The summed E-state index contributed by atoms with van der Waals surface area (Å²) < 4.78 is 19.1. The van der Waals surface area contributed by atoms with Crippen molar-refractivity contribution in [1.82, 2.24) is 4.90 Å². The lowest BCUT2D eigenvalue weighted by Gasteiger charge is -2.37. The summed E-state index contributed by atoms with van der Waals surface area (Å²) in [5, 5.41) is 0. The second-order valence-corrected chi connectivity index (χ2v) is 7.24. The number of anilines is 1. The predicted octanol–water partition coefficient (Wildman–Crippen LogP) is 4.07. The molecule has 4 nitrogen and oxygen atoms in total. The first-order valence-corrected chi connectivity index (χ1v) is 9.50. The zero-order valence-corrected chi connectivity index (χ0v) is 16.2. The Morgan fingerprint density at radius 1 is 0.963 bits per heavy atom. The summed E-state index contributed by atoms with van der Waals surface area (Å²) >= 11 is 0. The van der Waals surface area contributed by atoms with Gasteiger partial charge in [0.25, 0.3) is 5.91 Å². The van der Waals surface area contributed by atoms with Crippen molar-refractivity contribution in [1.29, 1.82) is 0 Å². The average molecular weight is 370 g/mol. The SMILES string of the molecule is CC(C)c1ccccc1O[C@@H](C)C(=O)N1CCN(c2ccc(F)cc2)CC1. The van der Waals surface area contributed by atoms with Crippen molar-refractivity contribution in [3.63, 3.8) is 0 Å². The van der Waals surface area contributed by atoms with Gasteiger partial charge in [-0.25, -0.2) is 4.39 Å². The molecule has 1 atom stereocenters. The van der Waals surface area contributed by atoms with Crippen LogP contribution in [-0.4, -0.2) is 43.1 Å². The van der Waals surface area contributed by atoms with E-state index in [9.17, 15) is 9.18 Å². The van der Waals surface area contributed by atoms with Gasteiger partial charge in [0, 0.05) is 31.9 Å². The van der Waals surface area contributed by atoms with Crippen LogP contribution in [-0.2, 0) is 4.79 Å². The van der Waals surface area contributed by atoms with Crippen molar-refractivity contribution < 1.29 is 13.9 Å². The van der Waals surface area contributed by atoms with Crippen molar-refractivity contribution >= 4 is 11.6 Å². The quantitative estimate of drug-likeness (QED) is 0.796. The molecular formula is C22H27FN2O2. The molecule has 144 valence electrons. The molecule has 0 N–H and O–H groups in total. The number of carbonyl (C=O) groups is 1. The lowest BCUT2D eigenvalue weighted by atomic mass is 10.0. The van der Waals surface area contributed by atoms with E-state index in [-0.39, 0.29) is 11.7 Å². The van der Waals surface area contributed by atoms with Gasteiger partial charge in [0.15, 0.2) is 6.10 Å². The molecule has 2 aromatic carbocycles. The van der Waals surface area contributed by atoms with Gasteiger partial charge in [0.1, 0.15) is 11.6 Å². The summed E-state index contributed by atoms with van der Waals surface area (Å²) in [5.74, 6) is 0.883. The Hall–Kier alpha value is -2.56. The maximum Gasteiger partial charge on any atom is 0.263 e. The summed E-state index contributed by atoms with van der Waals surface area (Å²) in [5.41, 5.74) is 2.09. The Morgan fingerprint density at radius 2 is 1.59 bits per heavy atom. The van der Waals surface area contributed by atoms with Crippen LogP contribution in [0.4, 0.5) is 10.1 Å². The number of hydrogen-bond donors (Lipinski definition) is 0. The van der Waals surface area contributed by atoms with Crippen LogP contribution in [0, 0.1) is 5.82 Å². The first-order chi connectivity index (χ1) is 13.0. The molecule has 5 heteroatoms. The molecule has 1 saturated heterocycles. The van der Waals surface area contributed by atoms with Gasteiger partial charge in [-0.05, 0) is 48.7 Å². The molecule has 0 spiro atoms. The summed E-state index contributed by atoms with van der Waals surface area (Å²) in [7, 11) is 0. The van der Waals surface area contributed by atoms with E-state index >= 15 is 0 Å². The topological polar surface area (TPSA) is 32.8 Å². The van der Waals surface area contributed by atoms with Crippen LogP contribution in [0.1, 0.15) is 32.3 Å². The van der Waals surface area contributed by atoms with E-state index < -0.39 is 6.10 Å². The second-order valence-electron chi connectivity index (χ2n) is 7.24. The van der Waals surface area contributed by atoms with Crippen LogP contribution < -0.4 is 9.64 Å². The van der Waals surface area contributed by atoms with Gasteiger partial charge in [0.2, 0.25) is 0 Å². The maximum atomic E-state index is 13.1. The van der Waals surface area contributed by atoms with Crippen LogP contribution in [0.3, 0.4) is 0 Å². The standard InChI is InChI=1S/C22H27FN2O2/c1-16(2)20-6-4-5-7-21(20)27-17(3)22(26)25-14-12-24(13-15-25)19-10-8-18(23)9-11-19/h4-11,16-17H,12-15H2,1-3H3/t17-/m0/s1. The van der Waals surface area contributed by atoms with Crippen molar-refractivity contribution in [3.05, 3.63) is 59.9 Å². The molecule has 2 aromatic rings. The average Bonchev–Trinajstić information content (AvgIpc) is 2.68. The fourth-order valence-electron chi connectivity index (χ4n) is 3.40. The van der Waals surface area contributed by atoms with Gasteiger partial charge in [-0.3, -0.25) is 4.79 Å². The summed E-state index contributed by atoms with van der Waals surface area (Å²) in [6, 6.07) is 14.4. The van der Waals surface area contributed by atoms with Gasteiger partial charge in [0.05, 0.1) is 0 Å². The Morgan fingerprint density at radius 3 is 2.22 bits per heavy atom. The first kappa shape index (κ1) is 19.2. The van der Waals surface area contributed by atoms with Gasteiger partial charge in [-0.15, -0.1) is 0 Å². The Kier molecular flexibility index (Phi) is 5.99. The van der Waals surface area contributed by atoms with Gasteiger partial charge < -0.3 is 14.5 Å². The molecule has 0 aromatic heterocycles. The van der Waals surface area contributed by atoms with Crippen LogP contribution in [0.15, 0.2) is 48.5 Å². The third kappa shape index (κ3) is 4.59. The molecule has 1 heterocycles. The predicted molar refractivity (Wildman–Crippen MR) is 106 cm³/mol. The minimum Gasteiger partial charge on any atom is -0.481 e. The zero-order valence-electron chi connectivity index (χ0n) is 16.2. The number of para-hydroxylation sites is 1. The Labute approximate surface area is 160 Å². The number of ether oxygens (including phenoxy) is 1. The number of halogens is 1. The molecule has 0 saturated carbocycles. The van der Waals surface area contributed by atoms with Gasteiger partial charge in [-0.1, -0.05) is 32.0 Å². The molecule has 0 bridgehead atoms. The van der Waals surface area contributed by atoms with E-state index in [0.29, 0.717) is 19.0 Å². The second kappa shape index (κ2) is 8.42. The van der Waals surface area contributed by atoms with Crippen LogP contribution >= 0.6 is 0 Å². The molecule has 3 rings (SSSR count). The lowest BCUT2D eigenvalue weighted by molar-refractivity contribution is -0.138.